The molecule has 1 fully saturated rings. The molecular formula is C14H19ClO. The summed E-state index contributed by atoms with van der Waals surface area (Å²) in [5.74, 6) is 0.391. The molecule has 1 saturated carbocycles. The Labute approximate surface area is 102 Å². The van der Waals surface area contributed by atoms with Gasteiger partial charge in [0.1, 0.15) is 0 Å². The average Bonchev–Trinajstić information content (AvgIpc) is 2.48. The molecule has 1 aromatic carbocycles. The third kappa shape index (κ3) is 2.99. The van der Waals surface area contributed by atoms with Gasteiger partial charge < -0.3 is 5.11 Å². The van der Waals surface area contributed by atoms with E-state index in [9.17, 15) is 5.11 Å². The minimum absolute atomic E-state index is 0.140. The highest BCUT2D eigenvalue weighted by Gasteiger charge is 2.22. The van der Waals surface area contributed by atoms with Crippen LogP contribution in [0, 0.1) is 5.92 Å². The summed E-state index contributed by atoms with van der Waals surface area (Å²) < 4.78 is 0. The predicted octanol–water partition coefficient (Wildman–Crippen LogP) is 3.82. The molecule has 0 radical (unpaired) electrons. The van der Waals surface area contributed by atoms with Crippen LogP contribution in [-0.4, -0.2) is 11.2 Å². The van der Waals surface area contributed by atoms with Gasteiger partial charge in [0.2, 0.25) is 0 Å². The van der Waals surface area contributed by atoms with Gasteiger partial charge in [-0.05, 0) is 36.8 Å². The zero-order valence-electron chi connectivity index (χ0n) is 9.53. The lowest BCUT2D eigenvalue weighted by molar-refractivity contribution is 0.101. The Morgan fingerprint density at radius 3 is 2.69 bits per heavy atom. The molecule has 2 heteroatoms. The number of halogens is 1. The van der Waals surface area contributed by atoms with E-state index in [-0.39, 0.29) is 6.10 Å². The molecule has 0 amide bonds. The molecule has 1 nitrogen and oxygen atoms in total. The lowest BCUT2D eigenvalue weighted by Gasteiger charge is -2.20. The quantitative estimate of drug-likeness (QED) is 0.777. The summed E-state index contributed by atoms with van der Waals surface area (Å²) in [5.41, 5.74) is 1.18. The van der Waals surface area contributed by atoms with E-state index in [1.807, 2.05) is 18.2 Å². The third-order valence-corrected chi connectivity index (χ3v) is 3.93. The van der Waals surface area contributed by atoms with Crippen molar-refractivity contribution in [3.8, 4) is 0 Å². The van der Waals surface area contributed by atoms with Gasteiger partial charge in [0.15, 0.2) is 0 Å². The van der Waals surface area contributed by atoms with Crippen LogP contribution in [0.3, 0.4) is 0 Å². The fraction of sp³-hybridized carbons (Fsp3) is 0.571. The first-order valence-electron chi connectivity index (χ1n) is 6.19. The van der Waals surface area contributed by atoms with Gasteiger partial charge in [-0.3, -0.25) is 0 Å². The van der Waals surface area contributed by atoms with Crippen LogP contribution in [-0.2, 0) is 6.42 Å². The first kappa shape index (κ1) is 11.9. The SMILES string of the molecule is OC1CCCCCC1Cc1ccccc1Cl. The molecule has 1 N–H and O–H groups in total. The Bertz CT molecular complexity index is 337. The van der Waals surface area contributed by atoms with Crippen molar-refractivity contribution in [2.24, 2.45) is 5.92 Å². The summed E-state index contributed by atoms with van der Waals surface area (Å²) >= 11 is 6.15. The topological polar surface area (TPSA) is 20.2 Å². The summed E-state index contributed by atoms with van der Waals surface area (Å²) in [6, 6.07) is 7.97. The van der Waals surface area contributed by atoms with Crippen LogP contribution in [0.2, 0.25) is 5.02 Å². The largest absolute Gasteiger partial charge is 0.393 e. The van der Waals surface area contributed by atoms with E-state index in [2.05, 4.69) is 6.07 Å². The molecule has 1 aliphatic rings. The molecule has 0 spiro atoms. The fourth-order valence-corrected chi connectivity index (χ4v) is 2.76. The molecule has 0 aromatic heterocycles. The smallest absolute Gasteiger partial charge is 0.0571 e. The normalized spacial score (nSPS) is 26.4. The van der Waals surface area contributed by atoms with Crippen LogP contribution in [0.1, 0.15) is 37.7 Å². The monoisotopic (exact) mass is 238 g/mol. The van der Waals surface area contributed by atoms with Crippen LogP contribution >= 0.6 is 11.6 Å². The van der Waals surface area contributed by atoms with Gasteiger partial charge in [0, 0.05) is 5.02 Å². The Morgan fingerprint density at radius 1 is 1.12 bits per heavy atom. The number of hydrogen-bond donors (Lipinski definition) is 1. The maximum Gasteiger partial charge on any atom is 0.0571 e. The molecule has 2 atom stereocenters. The van der Waals surface area contributed by atoms with Crippen molar-refractivity contribution in [2.45, 2.75) is 44.6 Å². The lowest BCUT2D eigenvalue weighted by atomic mass is 9.90. The molecule has 1 aliphatic carbocycles. The highest BCUT2D eigenvalue weighted by atomic mass is 35.5. The van der Waals surface area contributed by atoms with Gasteiger partial charge in [-0.1, -0.05) is 49.1 Å². The first-order chi connectivity index (χ1) is 7.77. The molecule has 88 valence electrons. The van der Waals surface area contributed by atoms with Crippen molar-refractivity contribution in [1.82, 2.24) is 0 Å². The van der Waals surface area contributed by atoms with Gasteiger partial charge in [-0.15, -0.1) is 0 Å². The fourth-order valence-electron chi connectivity index (χ4n) is 2.55. The Morgan fingerprint density at radius 2 is 1.88 bits per heavy atom. The zero-order chi connectivity index (χ0) is 11.4. The molecule has 0 bridgehead atoms. The van der Waals surface area contributed by atoms with Gasteiger partial charge in [-0.2, -0.15) is 0 Å². The number of hydrogen-bond acceptors (Lipinski definition) is 1. The third-order valence-electron chi connectivity index (χ3n) is 3.56. The summed E-state index contributed by atoms with van der Waals surface area (Å²) in [5, 5.41) is 10.9. The second kappa shape index (κ2) is 5.70. The van der Waals surface area contributed by atoms with Crippen molar-refractivity contribution in [1.29, 1.82) is 0 Å². The van der Waals surface area contributed by atoms with E-state index >= 15 is 0 Å². The minimum atomic E-state index is -0.140. The van der Waals surface area contributed by atoms with Crippen molar-refractivity contribution in [3.63, 3.8) is 0 Å². The number of aliphatic hydroxyl groups is 1. The van der Waals surface area contributed by atoms with E-state index in [0.717, 1.165) is 24.3 Å². The standard InChI is InChI=1S/C14H19ClO/c15-13-8-5-4-6-11(13)10-12-7-2-1-3-9-14(12)16/h4-6,8,12,14,16H,1-3,7,9-10H2. The van der Waals surface area contributed by atoms with Crippen molar-refractivity contribution < 1.29 is 5.11 Å². The van der Waals surface area contributed by atoms with E-state index in [1.54, 1.807) is 0 Å². The number of rotatable bonds is 2. The Hall–Kier alpha value is -0.530. The first-order valence-corrected chi connectivity index (χ1v) is 6.56. The minimum Gasteiger partial charge on any atom is -0.393 e. The molecule has 16 heavy (non-hydrogen) atoms. The second-order valence-corrected chi connectivity index (χ2v) is 5.17. The summed E-state index contributed by atoms with van der Waals surface area (Å²) in [4.78, 5) is 0. The second-order valence-electron chi connectivity index (χ2n) is 4.76. The zero-order valence-corrected chi connectivity index (χ0v) is 10.3. The molecular weight excluding hydrogens is 220 g/mol. The van der Waals surface area contributed by atoms with Crippen LogP contribution in [0.5, 0.6) is 0 Å². The van der Waals surface area contributed by atoms with Crippen LogP contribution in [0.15, 0.2) is 24.3 Å². The van der Waals surface area contributed by atoms with E-state index in [0.29, 0.717) is 5.92 Å². The van der Waals surface area contributed by atoms with E-state index < -0.39 is 0 Å². The van der Waals surface area contributed by atoms with E-state index in [4.69, 9.17) is 11.6 Å². The molecule has 1 aromatic rings. The highest BCUT2D eigenvalue weighted by Crippen LogP contribution is 2.28. The molecule has 0 aliphatic heterocycles. The molecule has 2 rings (SSSR count). The Balaban J connectivity index is 2.05. The number of benzene rings is 1. The van der Waals surface area contributed by atoms with Crippen LogP contribution in [0.25, 0.3) is 0 Å². The van der Waals surface area contributed by atoms with Crippen molar-refractivity contribution in [3.05, 3.63) is 34.9 Å². The molecule has 2 unspecified atom stereocenters. The predicted molar refractivity (Wildman–Crippen MR) is 67.7 cm³/mol. The maximum absolute atomic E-state index is 10.1. The summed E-state index contributed by atoms with van der Waals surface area (Å²) in [6.07, 6.45) is 6.53. The summed E-state index contributed by atoms with van der Waals surface area (Å²) in [6.45, 7) is 0. The highest BCUT2D eigenvalue weighted by molar-refractivity contribution is 6.31. The maximum atomic E-state index is 10.1. The van der Waals surface area contributed by atoms with Crippen LogP contribution in [0.4, 0.5) is 0 Å². The molecule has 0 saturated heterocycles. The average molecular weight is 239 g/mol. The van der Waals surface area contributed by atoms with Crippen LogP contribution < -0.4 is 0 Å². The lowest BCUT2D eigenvalue weighted by Crippen LogP contribution is -2.21. The van der Waals surface area contributed by atoms with Gasteiger partial charge in [-0.25, -0.2) is 0 Å². The van der Waals surface area contributed by atoms with Gasteiger partial charge in [0.25, 0.3) is 0 Å². The van der Waals surface area contributed by atoms with E-state index in [1.165, 1.54) is 24.8 Å². The Kier molecular flexibility index (Phi) is 4.25. The molecule has 0 heterocycles. The number of aliphatic hydroxyl groups excluding tert-OH is 1. The van der Waals surface area contributed by atoms with Crippen molar-refractivity contribution in [2.75, 3.05) is 0 Å². The van der Waals surface area contributed by atoms with Gasteiger partial charge >= 0.3 is 0 Å². The van der Waals surface area contributed by atoms with Crippen molar-refractivity contribution >= 4 is 11.6 Å². The summed E-state index contributed by atoms with van der Waals surface area (Å²) in [7, 11) is 0. The van der Waals surface area contributed by atoms with Gasteiger partial charge in [0.05, 0.1) is 6.10 Å².